The second kappa shape index (κ2) is 30.3. The third-order valence-corrected chi connectivity index (χ3v) is 29.1. The SMILES string of the molecule is c1ccc2c(c1)ccc1c2c2ccccc2n1-c1cc(-c2cccc3c2sc2ccccc23)c2ccccc2n1.c1ccc2c(c1)ccc1c2c2ccccc2n1-c1nc(-c2ccc(-c3cccc4c3oc3ccccc34)cc2)c2ccccc2n1.c1ccc2c(c1)ccc1c2c2ccccc2n1-c1nc(-c2ccc(-c3cccc4c3sc3ccccc34)cc2)c2ccccc2n1. The number of aromatic nitrogens is 8. The second-order valence-corrected chi connectivity index (χ2v) is 36.0. The molecule has 614 valence electrons. The molecule has 0 amide bonds. The molecule has 0 aliphatic carbocycles. The van der Waals surface area contributed by atoms with E-state index in [0.29, 0.717) is 11.9 Å². The zero-order chi connectivity index (χ0) is 86.6. The van der Waals surface area contributed by atoms with Crippen molar-refractivity contribution >= 4 is 215 Å². The van der Waals surface area contributed by atoms with Gasteiger partial charge in [-0.2, -0.15) is 0 Å². The van der Waals surface area contributed by atoms with Gasteiger partial charge in [0, 0.05) is 122 Å². The predicted molar refractivity (Wildman–Crippen MR) is 557 cm³/mol. The maximum atomic E-state index is 6.34. The number of hydrogen-bond acceptors (Lipinski definition) is 8. The molecule has 0 fully saturated rings. The summed E-state index contributed by atoms with van der Waals surface area (Å²) in [5.41, 5.74) is 22.4. The molecule has 0 N–H and O–H groups in total. The van der Waals surface area contributed by atoms with Crippen molar-refractivity contribution in [3.8, 4) is 73.6 Å². The first-order valence-corrected chi connectivity index (χ1v) is 46.2. The van der Waals surface area contributed by atoms with Gasteiger partial charge in [0.05, 0.1) is 61.0 Å². The van der Waals surface area contributed by atoms with Crippen LogP contribution in [0.3, 0.4) is 0 Å². The van der Waals surface area contributed by atoms with E-state index < -0.39 is 0 Å². The van der Waals surface area contributed by atoms with Crippen molar-refractivity contribution in [2.45, 2.75) is 0 Å². The topological polar surface area (TPSA) is 92.4 Å². The summed E-state index contributed by atoms with van der Waals surface area (Å²) in [4.78, 5) is 26.2. The van der Waals surface area contributed by atoms with Gasteiger partial charge in [0.25, 0.3) is 0 Å². The van der Waals surface area contributed by atoms with Crippen LogP contribution in [0.5, 0.6) is 0 Å². The first kappa shape index (κ1) is 75.1. The van der Waals surface area contributed by atoms with E-state index >= 15 is 0 Å². The maximum absolute atomic E-state index is 6.34. The molecule has 20 aromatic carbocycles. The number of hydrogen-bond donors (Lipinski definition) is 0. The first-order chi connectivity index (χ1) is 65.5. The van der Waals surface area contributed by atoms with Crippen LogP contribution in [0.25, 0.3) is 266 Å². The van der Waals surface area contributed by atoms with Gasteiger partial charge in [0.2, 0.25) is 11.9 Å². The Balaban J connectivity index is 0.000000102. The van der Waals surface area contributed by atoms with Crippen LogP contribution < -0.4 is 0 Å². The summed E-state index contributed by atoms with van der Waals surface area (Å²) in [6.45, 7) is 0. The van der Waals surface area contributed by atoms with E-state index in [9.17, 15) is 0 Å². The normalized spacial score (nSPS) is 11.9. The van der Waals surface area contributed by atoms with Crippen molar-refractivity contribution in [1.29, 1.82) is 0 Å². The molecule has 0 saturated carbocycles. The predicted octanol–water partition coefficient (Wildman–Crippen LogP) is 33.2. The third kappa shape index (κ3) is 12.0. The van der Waals surface area contributed by atoms with Crippen LogP contribution in [0.1, 0.15) is 0 Å². The highest BCUT2D eigenvalue weighted by molar-refractivity contribution is 7.26. The Hall–Kier alpha value is -17.1. The number of para-hydroxylation sites is 8. The molecule has 11 heteroatoms. The van der Waals surface area contributed by atoms with E-state index in [1.54, 1.807) is 0 Å². The summed E-state index contributed by atoms with van der Waals surface area (Å²) in [6.07, 6.45) is 0. The molecule has 0 unspecified atom stereocenters. The van der Waals surface area contributed by atoms with Crippen LogP contribution in [0.15, 0.2) is 441 Å². The van der Waals surface area contributed by atoms with Crippen LogP contribution in [0.4, 0.5) is 0 Å². The van der Waals surface area contributed by atoms with Crippen molar-refractivity contribution < 1.29 is 4.42 Å². The molecule has 0 spiro atoms. The lowest BCUT2D eigenvalue weighted by atomic mass is 9.99. The molecule has 9 heterocycles. The van der Waals surface area contributed by atoms with Crippen LogP contribution in [-0.2, 0) is 0 Å². The fourth-order valence-corrected chi connectivity index (χ4v) is 23.2. The number of nitrogens with zero attached hydrogens (tertiary/aromatic N) is 8. The molecule has 29 rings (SSSR count). The molecule has 0 saturated heterocycles. The number of benzene rings is 20. The Morgan fingerprint density at radius 3 is 1.05 bits per heavy atom. The lowest BCUT2D eigenvalue weighted by molar-refractivity contribution is 0.670. The first-order valence-electron chi connectivity index (χ1n) is 44.6. The Bertz CT molecular complexity index is 9450. The van der Waals surface area contributed by atoms with Gasteiger partial charge >= 0.3 is 0 Å². The van der Waals surface area contributed by atoms with Crippen molar-refractivity contribution in [1.82, 2.24) is 38.6 Å². The van der Waals surface area contributed by atoms with Gasteiger partial charge in [-0.15, -0.1) is 22.7 Å². The minimum Gasteiger partial charge on any atom is -0.455 e. The zero-order valence-electron chi connectivity index (χ0n) is 70.9. The maximum Gasteiger partial charge on any atom is 0.235 e. The number of pyridine rings is 1. The fourth-order valence-electron chi connectivity index (χ4n) is 20.7. The number of fused-ring (bicyclic) bond motifs is 27. The summed E-state index contributed by atoms with van der Waals surface area (Å²) >= 11 is 3.74. The molecule has 0 radical (unpaired) electrons. The van der Waals surface area contributed by atoms with Crippen molar-refractivity contribution in [2.75, 3.05) is 0 Å². The molecule has 9 aromatic heterocycles. The highest BCUT2D eigenvalue weighted by Gasteiger charge is 2.25. The van der Waals surface area contributed by atoms with Crippen LogP contribution >= 0.6 is 22.7 Å². The van der Waals surface area contributed by atoms with Crippen LogP contribution in [0.2, 0.25) is 0 Å². The van der Waals surface area contributed by atoms with E-state index in [1.807, 2.05) is 40.9 Å². The monoisotopic (exact) mass is 1720 g/mol. The van der Waals surface area contributed by atoms with E-state index in [-0.39, 0.29) is 0 Å². The van der Waals surface area contributed by atoms with Gasteiger partial charge in [-0.25, -0.2) is 24.9 Å². The Kier molecular flexibility index (Phi) is 17.2. The van der Waals surface area contributed by atoms with E-state index in [0.717, 1.165) is 111 Å². The molecule has 29 aromatic rings. The minimum absolute atomic E-state index is 0.659. The van der Waals surface area contributed by atoms with Gasteiger partial charge in [-0.3, -0.25) is 13.7 Å². The lowest BCUT2D eigenvalue weighted by Crippen LogP contribution is -2.03. The highest BCUT2D eigenvalue weighted by atomic mass is 32.1. The molecule has 0 aliphatic rings. The van der Waals surface area contributed by atoms with Gasteiger partial charge in [-0.05, 0) is 133 Å². The third-order valence-electron chi connectivity index (χ3n) is 26.6. The van der Waals surface area contributed by atoms with Crippen molar-refractivity contribution in [3.05, 3.63) is 437 Å². The fraction of sp³-hybridized carbons (Fsp3) is 0. The van der Waals surface area contributed by atoms with Gasteiger partial charge in [0.15, 0.2) is 0 Å². The zero-order valence-corrected chi connectivity index (χ0v) is 72.5. The van der Waals surface area contributed by atoms with Gasteiger partial charge in [-0.1, -0.05) is 358 Å². The largest absolute Gasteiger partial charge is 0.455 e. The number of thiophene rings is 2. The van der Waals surface area contributed by atoms with E-state index in [4.69, 9.17) is 29.3 Å². The molecule has 0 aliphatic heterocycles. The molecular formula is C121H72N8OS2. The average Bonchev–Trinajstić information content (AvgIpc) is 1.61. The molecular weight excluding hydrogens is 1650 g/mol. The quantitative estimate of drug-likeness (QED) is 0.150. The van der Waals surface area contributed by atoms with Gasteiger partial charge < -0.3 is 4.42 Å². The lowest BCUT2D eigenvalue weighted by Gasteiger charge is -2.13. The Morgan fingerprint density at radius 1 is 0.205 bits per heavy atom. The average molecular weight is 1720 g/mol. The van der Waals surface area contributed by atoms with Crippen molar-refractivity contribution in [3.63, 3.8) is 0 Å². The molecule has 9 nitrogen and oxygen atoms in total. The highest BCUT2D eigenvalue weighted by Crippen LogP contribution is 2.48. The smallest absolute Gasteiger partial charge is 0.235 e. The second-order valence-electron chi connectivity index (χ2n) is 33.9. The number of rotatable bonds is 8. The Morgan fingerprint density at radius 2 is 0.553 bits per heavy atom. The Labute approximate surface area is 763 Å². The van der Waals surface area contributed by atoms with Crippen molar-refractivity contribution in [2.24, 2.45) is 0 Å². The van der Waals surface area contributed by atoms with E-state index in [2.05, 4.69) is 432 Å². The summed E-state index contributed by atoms with van der Waals surface area (Å²) in [7, 11) is 0. The van der Waals surface area contributed by atoms with Crippen LogP contribution in [-0.4, -0.2) is 38.6 Å². The summed E-state index contributed by atoms with van der Waals surface area (Å²) in [5, 5.41) is 25.5. The van der Waals surface area contributed by atoms with E-state index in [1.165, 1.54) is 144 Å². The molecule has 0 atom stereocenters. The molecule has 132 heavy (non-hydrogen) atoms. The number of furan rings is 1. The summed E-state index contributed by atoms with van der Waals surface area (Å²) < 4.78 is 18.4. The van der Waals surface area contributed by atoms with Gasteiger partial charge in [0.1, 0.15) is 17.0 Å². The minimum atomic E-state index is 0.659. The standard InChI is InChI=1S/C42H25N3O.C42H25N3S.C37H22N2S/c2*1-2-11-29-26(10-1)24-25-37-39(29)34-14-4-7-18-36(34)45(37)42-43-35-17-6-3-13-33(35)40(44-42)28-22-20-27(21-23-28)30-15-9-16-32-31-12-5-8-19-38(31)46-41(30)32;1-2-11-24-23(10-1)20-21-33-36(24)29-14-4-7-18-32(29)39(33)35-22-30(25-12-3-6-17-31(25)38-35)28-16-9-15-27-26-13-5-8-19-34(26)40-37(27)28/h2*1-25H;1-22H. The summed E-state index contributed by atoms with van der Waals surface area (Å²) in [5.74, 6) is 2.27. The van der Waals surface area contributed by atoms with Crippen LogP contribution in [0, 0.1) is 0 Å². The molecule has 0 bridgehead atoms. The summed E-state index contributed by atoms with van der Waals surface area (Å²) in [6, 6.07) is 155.